The summed E-state index contributed by atoms with van der Waals surface area (Å²) in [7, 11) is -2.61. The number of nitrogens with zero attached hydrogens (tertiary/aromatic N) is 2. The topological polar surface area (TPSA) is 105 Å². The minimum Gasteiger partial charge on any atom is -0.497 e. The predicted octanol–water partition coefficient (Wildman–Crippen LogP) is 4.62. The number of nitrogens with one attached hydrogen (secondary N) is 1. The number of ether oxygens (including phenoxy) is 2. The Morgan fingerprint density at radius 3 is 2.20 bits per heavy atom. The zero-order valence-electron chi connectivity index (χ0n) is 24.2. The minimum absolute atomic E-state index is 0.0134. The number of hydrogen-bond donors (Lipinski definition) is 1. The predicted molar refractivity (Wildman–Crippen MR) is 159 cm³/mol. The molecular weight excluding hydrogens is 542 g/mol. The molecule has 0 unspecified atom stereocenters. The zero-order chi connectivity index (χ0) is 30.0. The maximum atomic E-state index is 14.0. The molecule has 1 N–H and O–H groups in total. The third-order valence-electron chi connectivity index (χ3n) is 6.70. The van der Waals surface area contributed by atoms with Gasteiger partial charge in [0.2, 0.25) is 11.8 Å². The molecule has 0 saturated heterocycles. The van der Waals surface area contributed by atoms with Gasteiger partial charge >= 0.3 is 0 Å². The van der Waals surface area contributed by atoms with Crippen molar-refractivity contribution < 1.29 is 27.5 Å². The van der Waals surface area contributed by atoms with E-state index in [2.05, 4.69) is 5.32 Å². The first-order chi connectivity index (χ1) is 19.6. The molecule has 2 amide bonds. The molecule has 0 radical (unpaired) electrons. The van der Waals surface area contributed by atoms with Crippen LogP contribution in [-0.2, 0) is 26.2 Å². The van der Waals surface area contributed by atoms with Crippen LogP contribution in [0.2, 0.25) is 0 Å². The first-order valence-electron chi connectivity index (χ1n) is 13.6. The van der Waals surface area contributed by atoms with E-state index in [0.29, 0.717) is 23.8 Å². The fourth-order valence-corrected chi connectivity index (χ4v) is 5.55. The van der Waals surface area contributed by atoms with Gasteiger partial charge in [-0.3, -0.25) is 13.9 Å². The van der Waals surface area contributed by atoms with Crippen LogP contribution in [0.25, 0.3) is 0 Å². The van der Waals surface area contributed by atoms with Gasteiger partial charge in [0.1, 0.15) is 24.1 Å². The highest BCUT2D eigenvalue weighted by molar-refractivity contribution is 7.92. The van der Waals surface area contributed by atoms with Crippen molar-refractivity contribution in [1.82, 2.24) is 10.2 Å². The highest BCUT2D eigenvalue weighted by atomic mass is 32.2. The van der Waals surface area contributed by atoms with E-state index in [-0.39, 0.29) is 23.4 Å². The molecule has 9 nitrogen and oxygen atoms in total. The Bertz CT molecular complexity index is 1400. The fraction of sp³-hybridized carbons (Fsp3) is 0.355. The van der Waals surface area contributed by atoms with Crippen LogP contribution in [0.15, 0.2) is 83.8 Å². The number of sulfonamides is 1. The molecule has 10 heteroatoms. The molecule has 0 heterocycles. The summed E-state index contributed by atoms with van der Waals surface area (Å²) in [5.74, 6) is 0.296. The number of benzene rings is 3. The smallest absolute Gasteiger partial charge is 0.264 e. The lowest BCUT2D eigenvalue weighted by atomic mass is 10.1. The zero-order valence-corrected chi connectivity index (χ0v) is 25.1. The summed E-state index contributed by atoms with van der Waals surface area (Å²) in [6, 6.07) is 20.8. The summed E-state index contributed by atoms with van der Waals surface area (Å²) in [6.07, 6.45) is 0.727. The van der Waals surface area contributed by atoms with Crippen molar-refractivity contribution in [2.75, 3.05) is 24.6 Å². The third-order valence-corrected chi connectivity index (χ3v) is 8.49. The molecule has 0 spiro atoms. The largest absolute Gasteiger partial charge is 0.497 e. The molecule has 3 rings (SSSR count). The van der Waals surface area contributed by atoms with E-state index < -0.39 is 28.5 Å². The Kier molecular flexibility index (Phi) is 11.2. The highest BCUT2D eigenvalue weighted by Gasteiger charge is 2.32. The van der Waals surface area contributed by atoms with Crippen molar-refractivity contribution in [2.24, 2.45) is 0 Å². The lowest BCUT2D eigenvalue weighted by Crippen LogP contribution is -2.52. The standard InChI is InChI=1S/C31H39N3O6S/c1-6-23(3)32-31(36)24(4)33(21-25-12-11-15-28(20-25)39-5)30(35)22-34(26-13-9-8-10-14-26)41(37,38)29-18-16-27(17-19-29)40-7-2/h8-20,23-24H,6-7,21-22H2,1-5H3,(H,32,36)/t23-,24-/m0/s1. The van der Waals surface area contributed by atoms with Crippen molar-refractivity contribution in [3.05, 3.63) is 84.4 Å². The fourth-order valence-electron chi connectivity index (χ4n) is 4.14. The van der Waals surface area contributed by atoms with E-state index in [9.17, 15) is 18.0 Å². The van der Waals surface area contributed by atoms with E-state index >= 15 is 0 Å². The SMILES string of the molecule is CCOc1ccc(S(=O)(=O)N(CC(=O)N(Cc2cccc(OC)c2)[C@@H](C)C(=O)N[C@@H](C)CC)c2ccccc2)cc1. The number of carbonyl (C=O) groups excluding carboxylic acids is 2. The monoisotopic (exact) mass is 581 g/mol. The molecule has 0 saturated carbocycles. The van der Waals surface area contributed by atoms with Crippen LogP contribution in [0.5, 0.6) is 11.5 Å². The van der Waals surface area contributed by atoms with Crippen LogP contribution in [-0.4, -0.2) is 57.5 Å². The van der Waals surface area contributed by atoms with E-state index in [0.717, 1.165) is 16.3 Å². The number of para-hydroxylation sites is 1. The quantitative estimate of drug-likeness (QED) is 0.298. The van der Waals surface area contributed by atoms with Crippen LogP contribution in [0.1, 0.15) is 39.7 Å². The van der Waals surface area contributed by atoms with Gasteiger partial charge < -0.3 is 19.7 Å². The summed E-state index contributed by atoms with van der Waals surface area (Å²) >= 11 is 0. The molecule has 3 aromatic carbocycles. The van der Waals surface area contributed by atoms with E-state index in [1.54, 1.807) is 74.7 Å². The van der Waals surface area contributed by atoms with Crippen molar-refractivity contribution in [3.63, 3.8) is 0 Å². The molecule has 0 bridgehead atoms. The Hall–Kier alpha value is -4.05. The maximum absolute atomic E-state index is 14.0. The molecule has 0 fully saturated rings. The number of rotatable bonds is 14. The first kappa shape index (κ1) is 31.5. The highest BCUT2D eigenvalue weighted by Crippen LogP contribution is 2.26. The Labute approximate surface area is 243 Å². The van der Waals surface area contributed by atoms with Gasteiger partial charge in [0, 0.05) is 12.6 Å². The van der Waals surface area contributed by atoms with Gasteiger partial charge in [-0.25, -0.2) is 8.42 Å². The average Bonchev–Trinajstić information content (AvgIpc) is 2.99. The maximum Gasteiger partial charge on any atom is 0.264 e. The summed E-state index contributed by atoms with van der Waals surface area (Å²) in [4.78, 5) is 28.6. The summed E-state index contributed by atoms with van der Waals surface area (Å²) < 4.78 is 39.7. The number of carbonyl (C=O) groups is 2. The minimum atomic E-state index is -4.16. The van der Waals surface area contributed by atoms with Gasteiger partial charge in [0.25, 0.3) is 10.0 Å². The second kappa shape index (κ2) is 14.5. The van der Waals surface area contributed by atoms with Crippen LogP contribution < -0.4 is 19.1 Å². The Morgan fingerprint density at radius 2 is 1.59 bits per heavy atom. The molecular formula is C31H39N3O6S. The lowest BCUT2D eigenvalue weighted by Gasteiger charge is -2.32. The summed E-state index contributed by atoms with van der Waals surface area (Å²) in [5.41, 5.74) is 1.06. The molecule has 0 aromatic heterocycles. The number of amides is 2. The van der Waals surface area contributed by atoms with Crippen molar-refractivity contribution in [2.45, 2.75) is 57.6 Å². The molecule has 0 aliphatic carbocycles. The van der Waals surface area contributed by atoms with Gasteiger partial charge in [0.15, 0.2) is 0 Å². The van der Waals surface area contributed by atoms with Crippen LogP contribution in [0.3, 0.4) is 0 Å². The van der Waals surface area contributed by atoms with E-state index in [4.69, 9.17) is 9.47 Å². The van der Waals surface area contributed by atoms with Gasteiger partial charge in [-0.05, 0) is 81.3 Å². The summed E-state index contributed by atoms with van der Waals surface area (Å²) in [5, 5.41) is 2.93. The number of methoxy groups -OCH3 is 1. The lowest BCUT2D eigenvalue weighted by molar-refractivity contribution is -0.139. The molecule has 3 aromatic rings. The van der Waals surface area contributed by atoms with Crippen molar-refractivity contribution in [3.8, 4) is 11.5 Å². The second-order valence-electron chi connectivity index (χ2n) is 9.62. The van der Waals surface area contributed by atoms with Crippen molar-refractivity contribution >= 4 is 27.5 Å². The number of hydrogen-bond acceptors (Lipinski definition) is 6. The van der Waals surface area contributed by atoms with Gasteiger partial charge in [-0.15, -0.1) is 0 Å². The molecule has 0 aliphatic heterocycles. The molecule has 2 atom stereocenters. The second-order valence-corrected chi connectivity index (χ2v) is 11.5. The van der Waals surface area contributed by atoms with Crippen molar-refractivity contribution in [1.29, 1.82) is 0 Å². The Morgan fingerprint density at radius 1 is 0.902 bits per heavy atom. The number of anilines is 1. The van der Waals surface area contributed by atoms with Gasteiger partial charge in [0.05, 0.1) is 24.3 Å². The van der Waals surface area contributed by atoms with Crippen LogP contribution in [0.4, 0.5) is 5.69 Å². The normalized spacial score (nSPS) is 12.6. The average molecular weight is 582 g/mol. The molecule has 41 heavy (non-hydrogen) atoms. The van der Waals surface area contributed by atoms with Crippen LogP contribution in [0, 0.1) is 0 Å². The van der Waals surface area contributed by atoms with Gasteiger partial charge in [-0.2, -0.15) is 0 Å². The first-order valence-corrected chi connectivity index (χ1v) is 15.1. The Balaban J connectivity index is 2.00. The summed E-state index contributed by atoms with van der Waals surface area (Å²) in [6.45, 7) is 7.35. The molecule has 0 aliphatic rings. The van der Waals surface area contributed by atoms with E-state index in [1.807, 2.05) is 26.8 Å². The van der Waals surface area contributed by atoms with E-state index in [1.165, 1.54) is 17.0 Å². The van der Waals surface area contributed by atoms with Crippen LogP contribution >= 0.6 is 0 Å². The van der Waals surface area contributed by atoms with Gasteiger partial charge in [-0.1, -0.05) is 37.3 Å². The third kappa shape index (κ3) is 8.23. The molecule has 220 valence electrons.